The van der Waals surface area contributed by atoms with Gasteiger partial charge in [0, 0.05) is 19.3 Å². The lowest BCUT2D eigenvalue weighted by Gasteiger charge is -2.12. The molecule has 0 aliphatic carbocycles. The van der Waals surface area contributed by atoms with Crippen LogP contribution in [0.15, 0.2) is 35.3 Å². The van der Waals surface area contributed by atoms with Crippen LogP contribution in [0.25, 0.3) is 16.9 Å². The molecule has 7 heteroatoms. The molecule has 0 amide bonds. The van der Waals surface area contributed by atoms with Gasteiger partial charge in [0.15, 0.2) is 11.4 Å². The monoisotopic (exact) mass is 355 g/mol. The average Bonchev–Trinajstić information content (AvgIpc) is 2.85. The number of aryl methyl sites for hydroxylation is 2. The van der Waals surface area contributed by atoms with Crippen molar-refractivity contribution in [2.45, 2.75) is 33.3 Å². The first-order chi connectivity index (χ1) is 12.3. The number of rotatable bonds is 5. The minimum Gasteiger partial charge on any atom is -0.486 e. The van der Waals surface area contributed by atoms with Crippen LogP contribution in [0.4, 0.5) is 0 Å². The van der Waals surface area contributed by atoms with Crippen LogP contribution in [0.5, 0.6) is 5.75 Å². The van der Waals surface area contributed by atoms with Crippen LogP contribution in [0.3, 0.4) is 0 Å². The molecule has 136 valence electrons. The lowest BCUT2D eigenvalue weighted by atomic mass is 10.1. The zero-order valence-corrected chi connectivity index (χ0v) is 15.2. The van der Waals surface area contributed by atoms with Crippen LogP contribution in [-0.4, -0.2) is 31.3 Å². The molecule has 7 nitrogen and oxygen atoms in total. The highest BCUT2D eigenvalue weighted by Crippen LogP contribution is 2.34. The van der Waals surface area contributed by atoms with Crippen molar-refractivity contribution >= 4 is 17.0 Å². The molecule has 0 radical (unpaired) electrons. The van der Waals surface area contributed by atoms with Crippen molar-refractivity contribution in [2.24, 2.45) is 7.05 Å². The van der Waals surface area contributed by atoms with E-state index in [-0.39, 0.29) is 23.1 Å². The van der Waals surface area contributed by atoms with Crippen molar-refractivity contribution in [2.75, 3.05) is 0 Å². The fourth-order valence-corrected chi connectivity index (χ4v) is 3.00. The van der Waals surface area contributed by atoms with E-state index >= 15 is 0 Å². The Morgan fingerprint density at radius 1 is 1.35 bits per heavy atom. The van der Waals surface area contributed by atoms with E-state index in [0.29, 0.717) is 23.3 Å². The number of aromatic nitrogens is 3. The molecule has 0 unspecified atom stereocenters. The average molecular weight is 355 g/mol. The number of carboxylic acids is 1. The number of carboxylic acid groups (broad SMARTS) is 1. The molecule has 3 heterocycles. The van der Waals surface area contributed by atoms with Gasteiger partial charge in [0.2, 0.25) is 0 Å². The Bertz CT molecular complexity index is 1050. The fourth-order valence-electron chi connectivity index (χ4n) is 3.00. The van der Waals surface area contributed by atoms with Crippen molar-refractivity contribution in [1.82, 2.24) is 14.1 Å². The Balaban J connectivity index is 2.40. The number of aromatic carboxylic acids is 1. The lowest BCUT2D eigenvalue weighted by Crippen LogP contribution is -2.18. The molecular formula is C19H21N3O4. The van der Waals surface area contributed by atoms with Crippen LogP contribution < -0.4 is 10.3 Å². The number of carbonyl (C=O) groups is 1. The SMILES string of the molecule is CCc1cc2c(nc1-n1ccccc1=O)c(OC(C)C)c(C(=O)O)n2C. The molecule has 0 atom stereocenters. The summed E-state index contributed by atoms with van der Waals surface area (Å²) in [6.07, 6.45) is 2.09. The maximum atomic E-state index is 12.3. The van der Waals surface area contributed by atoms with Crippen LogP contribution >= 0.6 is 0 Å². The van der Waals surface area contributed by atoms with Crippen LogP contribution in [-0.2, 0) is 13.5 Å². The van der Waals surface area contributed by atoms with Gasteiger partial charge >= 0.3 is 5.97 Å². The zero-order chi connectivity index (χ0) is 19.0. The summed E-state index contributed by atoms with van der Waals surface area (Å²) < 4.78 is 8.82. The summed E-state index contributed by atoms with van der Waals surface area (Å²) in [5.41, 5.74) is 1.78. The van der Waals surface area contributed by atoms with Gasteiger partial charge in [-0.05, 0) is 38.0 Å². The minimum absolute atomic E-state index is 0.0424. The number of pyridine rings is 2. The topological polar surface area (TPSA) is 86.3 Å². The largest absolute Gasteiger partial charge is 0.486 e. The Kier molecular flexibility index (Phi) is 4.54. The van der Waals surface area contributed by atoms with Gasteiger partial charge in [-0.2, -0.15) is 0 Å². The van der Waals surface area contributed by atoms with Gasteiger partial charge in [0.25, 0.3) is 5.56 Å². The summed E-state index contributed by atoms with van der Waals surface area (Å²) in [5, 5.41) is 9.63. The summed E-state index contributed by atoms with van der Waals surface area (Å²) in [5.74, 6) is -0.378. The fraction of sp³-hybridized carbons (Fsp3) is 0.316. The van der Waals surface area contributed by atoms with E-state index in [4.69, 9.17) is 4.74 Å². The molecule has 3 aromatic heterocycles. The lowest BCUT2D eigenvalue weighted by molar-refractivity contribution is 0.0680. The third kappa shape index (κ3) is 2.85. The Morgan fingerprint density at radius 2 is 2.08 bits per heavy atom. The van der Waals surface area contributed by atoms with Crippen LogP contribution in [0.2, 0.25) is 0 Å². The Labute approximate surface area is 150 Å². The number of nitrogens with zero attached hydrogens (tertiary/aromatic N) is 3. The van der Waals surface area contributed by atoms with E-state index in [0.717, 1.165) is 5.56 Å². The van der Waals surface area contributed by atoms with Gasteiger partial charge in [-0.3, -0.25) is 9.36 Å². The first-order valence-electron chi connectivity index (χ1n) is 8.45. The third-order valence-electron chi connectivity index (χ3n) is 4.17. The van der Waals surface area contributed by atoms with Crippen LogP contribution in [0.1, 0.15) is 36.8 Å². The Morgan fingerprint density at radius 3 is 2.65 bits per heavy atom. The standard InChI is InChI=1S/C19H21N3O4/c1-5-12-10-13-15(20-18(12)22-9-7-6-8-14(22)23)17(26-11(2)3)16(19(24)25)21(13)4/h6-11H,5H2,1-4H3,(H,24,25). The molecule has 0 fully saturated rings. The van der Waals surface area contributed by atoms with Gasteiger partial charge in [-0.15, -0.1) is 0 Å². The smallest absolute Gasteiger partial charge is 0.356 e. The van der Waals surface area contributed by atoms with Crippen molar-refractivity contribution in [3.05, 3.63) is 52.1 Å². The third-order valence-corrected chi connectivity index (χ3v) is 4.17. The molecule has 26 heavy (non-hydrogen) atoms. The van der Waals surface area contributed by atoms with Gasteiger partial charge in [0.05, 0.1) is 11.6 Å². The molecule has 0 aromatic carbocycles. The van der Waals surface area contributed by atoms with Crippen molar-refractivity contribution in [3.63, 3.8) is 0 Å². The predicted molar refractivity (Wildman–Crippen MR) is 98.4 cm³/mol. The number of hydrogen-bond acceptors (Lipinski definition) is 4. The predicted octanol–water partition coefficient (Wildman–Crippen LogP) is 2.77. The van der Waals surface area contributed by atoms with Gasteiger partial charge in [0.1, 0.15) is 11.3 Å². The summed E-state index contributed by atoms with van der Waals surface area (Å²) in [4.78, 5) is 28.7. The quantitative estimate of drug-likeness (QED) is 0.760. The molecule has 1 N–H and O–H groups in total. The highest BCUT2D eigenvalue weighted by atomic mass is 16.5. The van der Waals surface area contributed by atoms with E-state index in [1.807, 2.05) is 26.8 Å². The summed E-state index contributed by atoms with van der Waals surface area (Å²) >= 11 is 0. The first-order valence-corrected chi connectivity index (χ1v) is 8.45. The van der Waals surface area contributed by atoms with E-state index in [9.17, 15) is 14.7 Å². The molecule has 3 aromatic rings. The van der Waals surface area contributed by atoms with E-state index in [1.165, 1.54) is 10.6 Å². The number of fused-ring (bicyclic) bond motifs is 1. The summed E-state index contributed by atoms with van der Waals surface area (Å²) in [7, 11) is 1.68. The molecule has 3 rings (SSSR count). The normalized spacial score (nSPS) is 11.3. The molecular weight excluding hydrogens is 334 g/mol. The minimum atomic E-state index is -1.09. The second-order valence-corrected chi connectivity index (χ2v) is 6.31. The van der Waals surface area contributed by atoms with Gasteiger partial charge < -0.3 is 14.4 Å². The number of hydrogen-bond donors (Lipinski definition) is 1. The number of ether oxygens (including phenoxy) is 1. The molecule has 0 saturated heterocycles. The second-order valence-electron chi connectivity index (χ2n) is 6.31. The highest BCUT2D eigenvalue weighted by Gasteiger charge is 2.25. The van der Waals surface area contributed by atoms with Crippen molar-refractivity contribution in [1.29, 1.82) is 0 Å². The molecule has 0 spiro atoms. The molecule has 0 saturated carbocycles. The van der Waals surface area contributed by atoms with E-state index in [2.05, 4.69) is 4.98 Å². The molecule has 0 aliphatic heterocycles. The van der Waals surface area contributed by atoms with Crippen molar-refractivity contribution in [3.8, 4) is 11.6 Å². The highest BCUT2D eigenvalue weighted by molar-refractivity contribution is 5.99. The molecule has 0 bridgehead atoms. The zero-order valence-electron chi connectivity index (χ0n) is 15.2. The molecule has 0 aliphatic rings. The summed E-state index contributed by atoms with van der Waals surface area (Å²) in [6.45, 7) is 5.62. The van der Waals surface area contributed by atoms with Crippen LogP contribution in [0, 0.1) is 0 Å². The Hall–Kier alpha value is -3.09. The maximum Gasteiger partial charge on any atom is 0.356 e. The second kappa shape index (κ2) is 6.67. The van der Waals surface area contributed by atoms with E-state index < -0.39 is 5.97 Å². The summed E-state index contributed by atoms with van der Waals surface area (Å²) in [6, 6.07) is 6.76. The van der Waals surface area contributed by atoms with Crippen molar-refractivity contribution < 1.29 is 14.6 Å². The van der Waals surface area contributed by atoms with E-state index in [1.54, 1.807) is 29.9 Å². The first kappa shape index (κ1) is 17.7. The maximum absolute atomic E-state index is 12.3. The van der Waals surface area contributed by atoms with Gasteiger partial charge in [-0.25, -0.2) is 9.78 Å². The van der Waals surface area contributed by atoms with Gasteiger partial charge in [-0.1, -0.05) is 13.0 Å².